The van der Waals surface area contributed by atoms with Crippen LogP contribution in [-0.4, -0.2) is 20.3 Å². The number of thiazole rings is 1. The first kappa shape index (κ1) is 15.7. The third kappa shape index (κ3) is 2.97. The van der Waals surface area contributed by atoms with Gasteiger partial charge in [0.1, 0.15) is 11.2 Å². The van der Waals surface area contributed by atoms with Crippen LogP contribution in [0, 0.1) is 6.92 Å². The van der Waals surface area contributed by atoms with Crippen molar-refractivity contribution in [3.8, 4) is 10.6 Å². The van der Waals surface area contributed by atoms with Crippen molar-refractivity contribution in [2.24, 2.45) is 0 Å². The Kier molecular flexibility index (Phi) is 3.90. The second-order valence-corrected chi connectivity index (χ2v) is 7.45. The van der Waals surface area contributed by atoms with Crippen LogP contribution in [0.25, 0.3) is 16.2 Å². The Bertz CT molecular complexity index is 1140. The summed E-state index contributed by atoms with van der Waals surface area (Å²) in [6, 6.07) is 9.23. The Labute approximate surface area is 150 Å². The van der Waals surface area contributed by atoms with Gasteiger partial charge in [0.05, 0.1) is 10.6 Å². The largest absolute Gasteiger partial charge is 0.298 e. The van der Waals surface area contributed by atoms with Gasteiger partial charge in [-0.25, -0.2) is 9.97 Å². The number of aryl methyl sites for hydroxylation is 1. The van der Waals surface area contributed by atoms with Crippen molar-refractivity contribution in [1.82, 2.24) is 14.4 Å². The van der Waals surface area contributed by atoms with Crippen molar-refractivity contribution in [3.05, 3.63) is 68.9 Å². The summed E-state index contributed by atoms with van der Waals surface area (Å²) in [6.07, 6.45) is 2.88. The molecule has 0 saturated heterocycles. The summed E-state index contributed by atoms with van der Waals surface area (Å²) >= 11 is 2.96. The maximum absolute atomic E-state index is 12.4. The minimum Gasteiger partial charge on any atom is -0.298 e. The van der Waals surface area contributed by atoms with E-state index in [1.807, 2.05) is 24.4 Å². The van der Waals surface area contributed by atoms with Gasteiger partial charge in [0, 0.05) is 22.7 Å². The summed E-state index contributed by atoms with van der Waals surface area (Å²) in [4.78, 5) is 35.7. The molecule has 0 fully saturated rings. The molecule has 0 spiro atoms. The van der Waals surface area contributed by atoms with Crippen LogP contribution in [0.4, 0.5) is 5.13 Å². The summed E-state index contributed by atoms with van der Waals surface area (Å²) in [6.45, 7) is 2.03. The standard InChI is InChI=1S/C17H12N4O2S2/c1-10-5-6-13(25-10)12-9-24-17(19-12)20-15(22)11-8-18-14-4-2-3-7-21(14)16(11)23/h2-9H,1H3,(H,19,20,22). The number of anilines is 1. The molecule has 0 radical (unpaired) electrons. The zero-order valence-corrected chi connectivity index (χ0v) is 14.7. The van der Waals surface area contributed by atoms with Gasteiger partial charge < -0.3 is 0 Å². The summed E-state index contributed by atoms with van der Waals surface area (Å²) in [5, 5.41) is 5.01. The van der Waals surface area contributed by atoms with E-state index in [4.69, 9.17) is 0 Å². The van der Waals surface area contributed by atoms with Gasteiger partial charge >= 0.3 is 0 Å². The van der Waals surface area contributed by atoms with Gasteiger partial charge in [-0.2, -0.15) is 0 Å². The first-order valence-electron chi connectivity index (χ1n) is 7.42. The van der Waals surface area contributed by atoms with Crippen LogP contribution >= 0.6 is 22.7 Å². The quantitative estimate of drug-likeness (QED) is 0.601. The molecule has 0 aliphatic carbocycles. The number of nitrogens with one attached hydrogen (secondary N) is 1. The van der Waals surface area contributed by atoms with Crippen LogP contribution in [0.3, 0.4) is 0 Å². The fraction of sp³-hybridized carbons (Fsp3) is 0.0588. The molecule has 124 valence electrons. The highest BCUT2D eigenvalue weighted by Gasteiger charge is 2.15. The molecule has 1 N–H and O–H groups in total. The molecule has 0 saturated carbocycles. The van der Waals surface area contributed by atoms with Crippen LogP contribution in [-0.2, 0) is 0 Å². The van der Waals surface area contributed by atoms with Crippen LogP contribution in [0.1, 0.15) is 15.2 Å². The Morgan fingerprint density at radius 1 is 1.24 bits per heavy atom. The van der Waals surface area contributed by atoms with E-state index in [2.05, 4.69) is 15.3 Å². The predicted octanol–water partition coefficient (Wildman–Crippen LogP) is 3.44. The van der Waals surface area contributed by atoms with Crippen molar-refractivity contribution in [3.63, 3.8) is 0 Å². The third-order valence-electron chi connectivity index (χ3n) is 3.58. The highest BCUT2D eigenvalue weighted by Crippen LogP contribution is 2.30. The number of carbonyl (C=O) groups excluding carboxylic acids is 1. The third-order valence-corrected chi connectivity index (χ3v) is 5.36. The number of rotatable bonds is 3. The van der Waals surface area contributed by atoms with Crippen LogP contribution in [0.15, 0.2) is 52.9 Å². The molecule has 4 heterocycles. The van der Waals surface area contributed by atoms with E-state index >= 15 is 0 Å². The SMILES string of the molecule is Cc1ccc(-c2csc(NC(=O)c3cnc4ccccn4c3=O)n2)s1. The van der Waals surface area contributed by atoms with Crippen LogP contribution < -0.4 is 10.9 Å². The van der Waals surface area contributed by atoms with Gasteiger partial charge in [0.15, 0.2) is 5.13 Å². The number of carbonyl (C=O) groups is 1. The maximum atomic E-state index is 12.4. The Morgan fingerprint density at radius 3 is 2.92 bits per heavy atom. The monoisotopic (exact) mass is 368 g/mol. The van der Waals surface area contributed by atoms with E-state index in [0.717, 1.165) is 10.6 Å². The van der Waals surface area contributed by atoms with Crippen molar-refractivity contribution >= 4 is 39.4 Å². The number of thiophene rings is 1. The predicted molar refractivity (Wildman–Crippen MR) is 99.6 cm³/mol. The zero-order chi connectivity index (χ0) is 17.4. The second kappa shape index (κ2) is 6.23. The summed E-state index contributed by atoms with van der Waals surface area (Å²) < 4.78 is 1.34. The molecule has 0 bridgehead atoms. The van der Waals surface area contributed by atoms with Gasteiger partial charge in [0.2, 0.25) is 0 Å². The average molecular weight is 368 g/mol. The van der Waals surface area contributed by atoms with E-state index in [1.165, 1.54) is 26.8 Å². The summed E-state index contributed by atoms with van der Waals surface area (Å²) in [7, 11) is 0. The van der Waals surface area contributed by atoms with E-state index < -0.39 is 11.5 Å². The Balaban J connectivity index is 1.61. The first-order valence-corrected chi connectivity index (χ1v) is 9.11. The van der Waals surface area contributed by atoms with E-state index in [9.17, 15) is 9.59 Å². The molecule has 0 unspecified atom stereocenters. The van der Waals surface area contributed by atoms with Crippen molar-refractivity contribution in [2.45, 2.75) is 6.92 Å². The molecule has 4 aromatic heterocycles. The molecule has 6 nitrogen and oxygen atoms in total. The fourth-order valence-electron chi connectivity index (χ4n) is 2.36. The lowest BCUT2D eigenvalue weighted by atomic mass is 10.3. The van der Waals surface area contributed by atoms with Crippen molar-refractivity contribution in [1.29, 1.82) is 0 Å². The van der Waals surface area contributed by atoms with Gasteiger partial charge in [-0.3, -0.25) is 19.3 Å². The zero-order valence-electron chi connectivity index (χ0n) is 13.1. The maximum Gasteiger partial charge on any atom is 0.270 e. The highest BCUT2D eigenvalue weighted by molar-refractivity contribution is 7.17. The molecule has 0 atom stereocenters. The Hall–Kier alpha value is -2.84. The first-order chi connectivity index (χ1) is 12.1. The van der Waals surface area contributed by atoms with Gasteiger partial charge in [-0.15, -0.1) is 22.7 Å². The lowest BCUT2D eigenvalue weighted by molar-refractivity contribution is 0.102. The lowest BCUT2D eigenvalue weighted by Crippen LogP contribution is -2.26. The molecule has 8 heteroatoms. The highest BCUT2D eigenvalue weighted by atomic mass is 32.1. The average Bonchev–Trinajstić information content (AvgIpc) is 3.24. The second-order valence-electron chi connectivity index (χ2n) is 5.31. The normalized spacial score (nSPS) is 10.9. The summed E-state index contributed by atoms with van der Waals surface area (Å²) in [5.41, 5.74) is 0.876. The van der Waals surface area contributed by atoms with Crippen LogP contribution in [0.5, 0.6) is 0 Å². The molecule has 4 aromatic rings. The molecular formula is C17H12N4O2S2. The van der Waals surface area contributed by atoms with Crippen molar-refractivity contribution < 1.29 is 4.79 Å². The smallest absolute Gasteiger partial charge is 0.270 e. The Morgan fingerprint density at radius 2 is 2.12 bits per heavy atom. The van der Waals surface area contributed by atoms with Crippen molar-refractivity contribution in [2.75, 3.05) is 5.32 Å². The topological polar surface area (TPSA) is 76.4 Å². The molecule has 0 aromatic carbocycles. The van der Waals surface area contributed by atoms with Gasteiger partial charge in [-0.1, -0.05) is 6.07 Å². The molecule has 0 aliphatic heterocycles. The van der Waals surface area contributed by atoms with E-state index in [-0.39, 0.29) is 5.56 Å². The lowest BCUT2D eigenvalue weighted by Gasteiger charge is -2.03. The molecule has 4 rings (SSSR count). The number of hydrogen-bond donors (Lipinski definition) is 1. The number of fused-ring (bicyclic) bond motifs is 1. The number of pyridine rings is 1. The molecular weight excluding hydrogens is 356 g/mol. The minimum atomic E-state index is -0.515. The number of nitrogens with zero attached hydrogens (tertiary/aromatic N) is 3. The molecule has 25 heavy (non-hydrogen) atoms. The fourth-order valence-corrected chi connectivity index (χ4v) is 3.97. The number of aromatic nitrogens is 3. The van der Waals surface area contributed by atoms with Gasteiger partial charge in [0.25, 0.3) is 11.5 Å². The molecule has 1 amide bonds. The number of amides is 1. The van der Waals surface area contributed by atoms with E-state index in [1.54, 1.807) is 35.7 Å². The van der Waals surface area contributed by atoms with Gasteiger partial charge in [-0.05, 0) is 31.2 Å². The molecule has 0 aliphatic rings. The minimum absolute atomic E-state index is 0.0209. The van der Waals surface area contributed by atoms with Crippen LogP contribution in [0.2, 0.25) is 0 Å². The summed E-state index contributed by atoms with van der Waals surface area (Å²) in [5.74, 6) is -0.515. The van der Waals surface area contributed by atoms with E-state index in [0.29, 0.717) is 10.8 Å². The number of hydrogen-bond acceptors (Lipinski definition) is 6.